The van der Waals surface area contributed by atoms with Gasteiger partial charge in [-0.25, -0.2) is 0 Å². The van der Waals surface area contributed by atoms with Crippen molar-refractivity contribution < 1.29 is 8.78 Å². The van der Waals surface area contributed by atoms with E-state index in [0.29, 0.717) is 19.6 Å². The molecule has 0 fully saturated rings. The maximum atomic E-state index is 14.1. The summed E-state index contributed by atoms with van der Waals surface area (Å²) in [5.41, 5.74) is 5.52. The van der Waals surface area contributed by atoms with Crippen molar-refractivity contribution >= 4 is 0 Å². The summed E-state index contributed by atoms with van der Waals surface area (Å²) < 4.78 is 28.2. The fraction of sp³-hybridized carbons (Fsp3) is 0.571. The van der Waals surface area contributed by atoms with Gasteiger partial charge in [0.15, 0.2) is 0 Å². The van der Waals surface area contributed by atoms with Crippen LogP contribution < -0.4 is 5.73 Å². The number of rotatable bonds is 8. The highest BCUT2D eigenvalue weighted by Crippen LogP contribution is 2.28. The van der Waals surface area contributed by atoms with E-state index in [1.165, 1.54) is 12.1 Å². The van der Waals surface area contributed by atoms with E-state index in [1.54, 1.807) is 23.1 Å². The fourth-order valence-corrected chi connectivity index (χ4v) is 1.96. The van der Waals surface area contributed by atoms with Crippen LogP contribution in [0.3, 0.4) is 0 Å². The number of benzene rings is 1. The summed E-state index contributed by atoms with van der Waals surface area (Å²) in [5.74, 6) is -2.80. The van der Waals surface area contributed by atoms with Gasteiger partial charge in [-0.2, -0.15) is 8.78 Å². The van der Waals surface area contributed by atoms with E-state index in [-0.39, 0.29) is 12.1 Å². The molecule has 2 N–H and O–H groups in total. The Labute approximate surface area is 108 Å². The van der Waals surface area contributed by atoms with Crippen LogP contribution in [0.1, 0.15) is 25.3 Å². The first-order valence-electron chi connectivity index (χ1n) is 6.46. The standard InChI is InChI=1S/C14H22F2N2/c1-2-10-18(11-6-9-17)12-14(15,16)13-7-4-3-5-8-13/h3-5,7-8H,2,6,9-12,17H2,1H3. The topological polar surface area (TPSA) is 29.3 Å². The third-order valence-corrected chi connectivity index (χ3v) is 2.84. The first-order chi connectivity index (χ1) is 8.60. The number of hydrogen-bond acceptors (Lipinski definition) is 2. The van der Waals surface area contributed by atoms with Crippen LogP contribution >= 0.6 is 0 Å². The largest absolute Gasteiger partial charge is 0.330 e. The van der Waals surface area contributed by atoms with Gasteiger partial charge in [-0.05, 0) is 32.5 Å². The zero-order valence-electron chi connectivity index (χ0n) is 10.9. The second kappa shape index (κ2) is 7.44. The summed E-state index contributed by atoms with van der Waals surface area (Å²) in [6.45, 7) is 3.62. The van der Waals surface area contributed by atoms with E-state index >= 15 is 0 Å². The van der Waals surface area contributed by atoms with E-state index in [1.807, 2.05) is 6.92 Å². The lowest BCUT2D eigenvalue weighted by molar-refractivity contribution is -0.0380. The van der Waals surface area contributed by atoms with E-state index in [4.69, 9.17) is 5.73 Å². The average molecular weight is 256 g/mol. The van der Waals surface area contributed by atoms with Crippen LogP contribution in [0.25, 0.3) is 0 Å². The highest BCUT2D eigenvalue weighted by Gasteiger charge is 2.33. The van der Waals surface area contributed by atoms with Crippen LogP contribution in [0.5, 0.6) is 0 Å². The van der Waals surface area contributed by atoms with Gasteiger partial charge in [0.25, 0.3) is 5.92 Å². The van der Waals surface area contributed by atoms with Gasteiger partial charge in [0.1, 0.15) is 0 Å². The molecule has 1 aromatic carbocycles. The molecule has 0 radical (unpaired) electrons. The molecule has 0 aliphatic carbocycles. The molecule has 0 saturated carbocycles. The molecule has 0 atom stereocenters. The van der Waals surface area contributed by atoms with Crippen molar-refractivity contribution in [3.8, 4) is 0 Å². The lowest BCUT2D eigenvalue weighted by atomic mass is 10.1. The number of nitrogens with two attached hydrogens (primary N) is 1. The summed E-state index contributed by atoms with van der Waals surface area (Å²) in [6.07, 6.45) is 1.63. The van der Waals surface area contributed by atoms with E-state index in [9.17, 15) is 8.78 Å². The molecule has 18 heavy (non-hydrogen) atoms. The van der Waals surface area contributed by atoms with E-state index < -0.39 is 5.92 Å². The lowest BCUT2D eigenvalue weighted by Crippen LogP contribution is -2.37. The SMILES string of the molecule is CCCN(CCCN)CC(F)(F)c1ccccc1. The van der Waals surface area contributed by atoms with Gasteiger partial charge < -0.3 is 5.73 Å². The summed E-state index contributed by atoms with van der Waals surface area (Å²) in [4.78, 5) is 1.79. The maximum absolute atomic E-state index is 14.1. The van der Waals surface area contributed by atoms with Crippen LogP contribution in [-0.4, -0.2) is 31.1 Å². The predicted octanol–water partition coefficient (Wildman–Crippen LogP) is 2.84. The number of halogens is 2. The average Bonchev–Trinajstić information content (AvgIpc) is 2.37. The Morgan fingerprint density at radius 1 is 1.17 bits per heavy atom. The summed E-state index contributed by atoms with van der Waals surface area (Å²) >= 11 is 0. The molecule has 0 heterocycles. The van der Waals surface area contributed by atoms with Gasteiger partial charge in [-0.1, -0.05) is 37.3 Å². The second-order valence-corrected chi connectivity index (χ2v) is 4.49. The smallest absolute Gasteiger partial charge is 0.285 e. The van der Waals surface area contributed by atoms with Crippen molar-refractivity contribution in [2.75, 3.05) is 26.2 Å². The molecule has 0 amide bonds. The number of nitrogens with zero attached hydrogens (tertiary/aromatic N) is 1. The molecular weight excluding hydrogens is 234 g/mol. The summed E-state index contributed by atoms with van der Waals surface area (Å²) in [7, 11) is 0. The molecular formula is C14H22F2N2. The van der Waals surface area contributed by atoms with Crippen molar-refractivity contribution in [2.24, 2.45) is 5.73 Å². The third-order valence-electron chi connectivity index (χ3n) is 2.84. The van der Waals surface area contributed by atoms with Crippen molar-refractivity contribution in [3.05, 3.63) is 35.9 Å². The van der Waals surface area contributed by atoms with Gasteiger partial charge in [0.2, 0.25) is 0 Å². The van der Waals surface area contributed by atoms with Crippen LogP contribution in [0, 0.1) is 0 Å². The fourth-order valence-electron chi connectivity index (χ4n) is 1.96. The first-order valence-corrected chi connectivity index (χ1v) is 6.46. The van der Waals surface area contributed by atoms with Crippen LogP contribution in [0.15, 0.2) is 30.3 Å². The highest BCUT2D eigenvalue weighted by molar-refractivity contribution is 5.20. The molecule has 0 aliphatic rings. The van der Waals surface area contributed by atoms with Gasteiger partial charge in [-0.15, -0.1) is 0 Å². The molecule has 102 valence electrons. The molecule has 1 rings (SSSR count). The van der Waals surface area contributed by atoms with E-state index in [2.05, 4.69) is 0 Å². The Balaban J connectivity index is 2.66. The molecule has 0 bridgehead atoms. The second-order valence-electron chi connectivity index (χ2n) is 4.49. The third kappa shape index (κ3) is 4.70. The Bertz CT molecular complexity index is 328. The van der Waals surface area contributed by atoms with Gasteiger partial charge in [0, 0.05) is 5.56 Å². The van der Waals surface area contributed by atoms with E-state index in [0.717, 1.165) is 12.8 Å². The minimum atomic E-state index is -2.80. The highest BCUT2D eigenvalue weighted by atomic mass is 19.3. The Kier molecular flexibility index (Phi) is 6.22. The quantitative estimate of drug-likeness (QED) is 0.775. The minimum Gasteiger partial charge on any atom is -0.330 e. The molecule has 0 spiro atoms. The molecule has 1 aromatic rings. The Hall–Kier alpha value is -1.00. The predicted molar refractivity (Wildman–Crippen MR) is 70.7 cm³/mol. The van der Waals surface area contributed by atoms with Crippen molar-refractivity contribution in [1.82, 2.24) is 4.90 Å². The maximum Gasteiger partial charge on any atom is 0.285 e. The van der Waals surface area contributed by atoms with Crippen LogP contribution in [0.4, 0.5) is 8.78 Å². The molecule has 0 saturated heterocycles. The summed E-state index contributed by atoms with van der Waals surface area (Å²) in [5, 5.41) is 0. The Morgan fingerprint density at radius 2 is 1.83 bits per heavy atom. The number of alkyl halides is 2. The molecule has 0 aliphatic heterocycles. The monoisotopic (exact) mass is 256 g/mol. The number of hydrogen-bond donors (Lipinski definition) is 1. The minimum absolute atomic E-state index is 0.0823. The zero-order valence-corrected chi connectivity index (χ0v) is 10.9. The first kappa shape index (κ1) is 15.1. The van der Waals surface area contributed by atoms with Crippen molar-refractivity contribution in [2.45, 2.75) is 25.7 Å². The molecule has 2 nitrogen and oxygen atoms in total. The van der Waals surface area contributed by atoms with Crippen LogP contribution in [-0.2, 0) is 5.92 Å². The van der Waals surface area contributed by atoms with Crippen LogP contribution in [0.2, 0.25) is 0 Å². The lowest BCUT2D eigenvalue weighted by Gasteiger charge is -2.27. The van der Waals surface area contributed by atoms with Gasteiger partial charge >= 0.3 is 0 Å². The molecule has 0 aromatic heterocycles. The van der Waals surface area contributed by atoms with Crippen molar-refractivity contribution in [3.63, 3.8) is 0 Å². The molecule has 0 unspecified atom stereocenters. The zero-order chi connectivity index (χ0) is 13.4. The Morgan fingerprint density at radius 3 is 2.39 bits per heavy atom. The molecule has 4 heteroatoms. The summed E-state index contributed by atoms with van der Waals surface area (Å²) in [6, 6.07) is 8.00. The van der Waals surface area contributed by atoms with Gasteiger partial charge in [0.05, 0.1) is 6.54 Å². The van der Waals surface area contributed by atoms with Crippen molar-refractivity contribution in [1.29, 1.82) is 0 Å². The normalized spacial score (nSPS) is 12.1. The van der Waals surface area contributed by atoms with Gasteiger partial charge in [-0.3, -0.25) is 4.90 Å².